The van der Waals surface area contributed by atoms with Crippen LogP contribution in [-0.2, 0) is 9.59 Å². The van der Waals surface area contributed by atoms with Crippen LogP contribution in [-0.4, -0.2) is 24.5 Å². The van der Waals surface area contributed by atoms with E-state index in [0.717, 1.165) is 24.1 Å². The first kappa shape index (κ1) is 16.8. The average molecular weight is 339 g/mol. The van der Waals surface area contributed by atoms with Gasteiger partial charge in [-0.25, -0.2) is 0 Å². The molecule has 2 aromatic rings. The first-order chi connectivity index (χ1) is 12.1. The molecular weight excluding hydrogens is 318 g/mol. The van der Waals surface area contributed by atoms with Crippen LogP contribution in [0.4, 0.5) is 5.69 Å². The Morgan fingerprint density at radius 3 is 2.56 bits per heavy atom. The molecule has 0 radical (unpaired) electrons. The number of nitrogens with one attached hydrogen (secondary N) is 2. The van der Waals surface area contributed by atoms with Crippen LogP contribution in [0.1, 0.15) is 24.4 Å². The zero-order valence-corrected chi connectivity index (χ0v) is 13.8. The molecule has 2 aromatic carbocycles. The number of primary amides is 1. The zero-order valence-electron chi connectivity index (χ0n) is 13.8. The van der Waals surface area contributed by atoms with Crippen molar-refractivity contribution in [1.29, 1.82) is 0 Å². The number of anilines is 1. The second kappa shape index (κ2) is 7.70. The predicted molar refractivity (Wildman–Crippen MR) is 95.1 cm³/mol. The van der Waals surface area contributed by atoms with E-state index < -0.39 is 11.9 Å². The van der Waals surface area contributed by atoms with Gasteiger partial charge in [-0.15, -0.1) is 0 Å². The Morgan fingerprint density at radius 2 is 1.88 bits per heavy atom. The van der Waals surface area contributed by atoms with Gasteiger partial charge >= 0.3 is 0 Å². The quantitative estimate of drug-likeness (QED) is 0.685. The Bertz CT molecular complexity index is 745. The van der Waals surface area contributed by atoms with E-state index in [1.807, 2.05) is 36.4 Å². The van der Waals surface area contributed by atoms with E-state index in [2.05, 4.69) is 10.6 Å². The summed E-state index contributed by atoms with van der Waals surface area (Å²) < 4.78 is 5.32. The van der Waals surface area contributed by atoms with Crippen molar-refractivity contribution in [2.45, 2.75) is 24.9 Å². The number of carbonyl (C=O) groups is 2. The summed E-state index contributed by atoms with van der Waals surface area (Å²) in [6.45, 7) is -0.187. The van der Waals surface area contributed by atoms with Gasteiger partial charge in [0, 0.05) is 17.8 Å². The summed E-state index contributed by atoms with van der Waals surface area (Å²) in [6.07, 6.45) is 2.06. The topological polar surface area (TPSA) is 93.5 Å². The molecule has 25 heavy (non-hydrogen) atoms. The lowest BCUT2D eigenvalue weighted by molar-refractivity contribution is -0.122. The maximum absolute atomic E-state index is 12.6. The summed E-state index contributed by atoms with van der Waals surface area (Å²) in [5.41, 5.74) is 6.70. The van der Waals surface area contributed by atoms with E-state index in [1.54, 1.807) is 18.2 Å². The molecule has 0 spiro atoms. The molecule has 0 aromatic heterocycles. The Kier molecular flexibility index (Phi) is 5.18. The molecule has 6 heteroatoms. The van der Waals surface area contributed by atoms with Gasteiger partial charge in [0.15, 0.2) is 6.61 Å². The third-order valence-electron chi connectivity index (χ3n) is 3.84. The van der Waals surface area contributed by atoms with E-state index in [4.69, 9.17) is 10.5 Å². The Morgan fingerprint density at radius 1 is 1.12 bits per heavy atom. The van der Waals surface area contributed by atoms with Crippen LogP contribution in [0.3, 0.4) is 0 Å². The number of ether oxygens (including phenoxy) is 1. The first-order valence-corrected chi connectivity index (χ1v) is 8.25. The SMILES string of the molecule is NC(=O)COc1cccc(NC(C(=O)NC2CC2)c2ccccc2)c1. The van der Waals surface area contributed by atoms with Gasteiger partial charge in [-0.3, -0.25) is 9.59 Å². The number of amides is 2. The number of carbonyl (C=O) groups excluding carboxylic acids is 2. The molecule has 2 amide bonds. The van der Waals surface area contributed by atoms with Crippen molar-refractivity contribution in [3.8, 4) is 5.75 Å². The van der Waals surface area contributed by atoms with Crippen LogP contribution in [0.15, 0.2) is 54.6 Å². The van der Waals surface area contributed by atoms with Gasteiger partial charge in [0.25, 0.3) is 5.91 Å². The van der Waals surface area contributed by atoms with E-state index in [0.29, 0.717) is 5.75 Å². The van der Waals surface area contributed by atoms with Gasteiger partial charge in [0.2, 0.25) is 5.91 Å². The standard InChI is InChI=1S/C19H21N3O3/c20-17(23)12-25-16-8-4-7-15(11-16)21-18(13-5-2-1-3-6-13)19(24)22-14-9-10-14/h1-8,11,14,18,21H,9-10,12H2,(H2,20,23)(H,22,24). The van der Waals surface area contributed by atoms with Gasteiger partial charge in [-0.05, 0) is 30.5 Å². The first-order valence-electron chi connectivity index (χ1n) is 8.25. The highest BCUT2D eigenvalue weighted by molar-refractivity contribution is 5.86. The zero-order chi connectivity index (χ0) is 17.6. The van der Waals surface area contributed by atoms with Crippen LogP contribution >= 0.6 is 0 Å². The van der Waals surface area contributed by atoms with Gasteiger partial charge < -0.3 is 21.1 Å². The summed E-state index contributed by atoms with van der Waals surface area (Å²) in [4.78, 5) is 23.5. The van der Waals surface area contributed by atoms with E-state index in [-0.39, 0.29) is 18.6 Å². The molecule has 0 heterocycles. The molecule has 3 rings (SSSR count). The van der Waals surface area contributed by atoms with Crippen LogP contribution < -0.4 is 21.1 Å². The summed E-state index contributed by atoms with van der Waals surface area (Å²) in [5.74, 6) is -0.0836. The number of hydrogen-bond acceptors (Lipinski definition) is 4. The molecule has 130 valence electrons. The van der Waals surface area contributed by atoms with E-state index >= 15 is 0 Å². The van der Waals surface area contributed by atoms with Crippen molar-refractivity contribution < 1.29 is 14.3 Å². The van der Waals surface area contributed by atoms with Crippen molar-refractivity contribution in [3.05, 3.63) is 60.2 Å². The minimum atomic E-state index is -0.538. The monoisotopic (exact) mass is 339 g/mol. The van der Waals surface area contributed by atoms with Crippen molar-refractivity contribution in [2.75, 3.05) is 11.9 Å². The summed E-state index contributed by atoms with van der Waals surface area (Å²) in [7, 11) is 0. The van der Waals surface area contributed by atoms with Gasteiger partial charge in [-0.2, -0.15) is 0 Å². The third kappa shape index (κ3) is 4.97. The number of hydrogen-bond donors (Lipinski definition) is 3. The average Bonchev–Trinajstić information content (AvgIpc) is 3.43. The summed E-state index contributed by atoms with van der Waals surface area (Å²) in [5, 5.41) is 6.28. The van der Waals surface area contributed by atoms with Gasteiger partial charge in [0.1, 0.15) is 11.8 Å². The van der Waals surface area contributed by atoms with Gasteiger partial charge in [0.05, 0.1) is 0 Å². The molecule has 1 fully saturated rings. The number of nitrogens with two attached hydrogens (primary N) is 1. The minimum Gasteiger partial charge on any atom is -0.484 e. The molecule has 6 nitrogen and oxygen atoms in total. The number of benzene rings is 2. The summed E-state index contributed by atoms with van der Waals surface area (Å²) in [6, 6.07) is 16.4. The van der Waals surface area contributed by atoms with Crippen LogP contribution in [0.25, 0.3) is 0 Å². The van der Waals surface area contributed by atoms with Crippen molar-refractivity contribution in [1.82, 2.24) is 5.32 Å². The lowest BCUT2D eigenvalue weighted by Crippen LogP contribution is -2.34. The molecule has 1 aliphatic carbocycles. The smallest absolute Gasteiger partial charge is 0.255 e. The molecular formula is C19H21N3O3. The van der Waals surface area contributed by atoms with Crippen LogP contribution in [0.2, 0.25) is 0 Å². The molecule has 0 saturated heterocycles. The van der Waals surface area contributed by atoms with Crippen molar-refractivity contribution >= 4 is 17.5 Å². The highest BCUT2D eigenvalue weighted by Crippen LogP contribution is 2.25. The largest absolute Gasteiger partial charge is 0.484 e. The molecule has 0 bridgehead atoms. The van der Waals surface area contributed by atoms with Crippen molar-refractivity contribution in [3.63, 3.8) is 0 Å². The molecule has 1 atom stereocenters. The van der Waals surface area contributed by atoms with E-state index in [1.165, 1.54) is 0 Å². The van der Waals surface area contributed by atoms with E-state index in [9.17, 15) is 9.59 Å². The normalized spacial score (nSPS) is 14.4. The fourth-order valence-corrected chi connectivity index (χ4v) is 2.45. The van der Waals surface area contributed by atoms with Crippen LogP contribution in [0.5, 0.6) is 5.75 Å². The fourth-order valence-electron chi connectivity index (χ4n) is 2.45. The molecule has 1 unspecified atom stereocenters. The van der Waals surface area contributed by atoms with Crippen LogP contribution in [0, 0.1) is 0 Å². The molecule has 0 aliphatic heterocycles. The summed E-state index contributed by atoms with van der Waals surface area (Å²) >= 11 is 0. The highest BCUT2D eigenvalue weighted by atomic mass is 16.5. The highest BCUT2D eigenvalue weighted by Gasteiger charge is 2.28. The maximum atomic E-state index is 12.6. The third-order valence-corrected chi connectivity index (χ3v) is 3.84. The van der Waals surface area contributed by atoms with Crippen molar-refractivity contribution in [2.24, 2.45) is 5.73 Å². The predicted octanol–water partition coefficient (Wildman–Crippen LogP) is 1.98. The minimum absolute atomic E-state index is 0.0582. The second-order valence-corrected chi connectivity index (χ2v) is 6.05. The Balaban J connectivity index is 1.76. The Labute approximate surface area is 146 Å². The molecule has 1 saturated carbocycles. The lowest BCUT2D eigenvalue weighted by Gasteiger charge is -2.20. The lowest BCUT2D eigenvalue weighted by atomic mass is 10.1. The number of rotatable bonds is 8. The maximum Gasteiger partial charge on any atom is 0.255 e. The fraction of sp³-hybridized carbons (Fsp3) is 0.263. The molecule has 1 aliphatic rings. The van der Waals surface area contributed by atoms with Gasteiger partial charge in [-0.1, -0.05) is 36.4 Å². The Hall–Kier alpha value is -3.02. The molecule has 4 N–H and O–H groups in total. The second-order valence-electron chi connectivity index (χ2n) is 6.05.